The van der Waals surface area contributed by atoms with Crippen LogP contribution in [0.4, 0.5) is 0 Å². The minimum Gasteiger partial charge on any atom is -0.493 e. The normalized spacial score (nSPS) is 18.7. The molecule has 0 aromatic heterocycles. The van der Waals surface area contributed by atoms with Gasteiger partial charge in [0, 0.05) is 5.75 Å². The zero-order valence-corrected chi connectivity index (χ0v) is 17.0. The van der Waals surface area contributed by atoms with Gasteiger partial charge in [0.25, 0.3) is 0 Å². The van der Waals surface area contributed by atoms with Crippen molar-refractivity contribution in [2.24, 2.45) is 0 Å². The number of carboxylic acids is 1. The molecule has 150 valence electrons. The first-order valence-electron chi connectivity index (χ1n) is 9.10. The van der Waals surface area contributed by atoms with Gasteiger partial charge in [0.2, 0.25) is 0 Å². The predicted octanol–water partition coefficient (Wildman–Crippen LogP) is 3.56. The van der Waals surface area contributed by atoms with Crippen molar-refractivity contribution in [1.82, 2.24) is 5.32 Å². The van der Waals surface area contributed by atoms with E-state index in [1.54, 1.807) is 18.9 Å². The number of methoxy groups -OCH3 is 1. The lowest BCUT2D eigenvalue weighted by Crippen LogP contribution is -2.33. The van der Waals surface area contributed by atoms with Crippen molar-refractivity contribution in [1.29, 1.82) is 0 Å². The largest absolute Gasteiger partial charge is 0.493 e. The molecule has 2 atom stereocenters. The lowest BCUT2D eigenvalue weighted by Gasteiger charge is -2.16. The van der Waals surface area contributed by atoms with Gasteiger partial charge in [-0.1, -0.05) is 18.2 Å². The number of carbonyl (C=O) groups is 1. The molecule has 1 fully saturated rings. The quantitative estimate of drug-likeness (QED) is 0.653. The van der Waals surface area contributed by atoms with E-state index >= 15 is 0 Å². The molecular weight excluding hydrogens is 378 g/mol. The number of hydrogen-bond donors (Lipinski definition) is 2. The summed E-state index contributed by atoms with van der Waals surface area (Å²) in [7, 11) is 1.59. The molecule has 2 aromatic carbocycles. The maximum atomic E-state index is 11.1. The molecule has 0 saturated carbocycles. The van der Waals surface area contributed by atoms with Crippen LogP contribution in [0.3, 0.4) is 0 Å². The minimum absolute atomic E-state index is 0.0828. The summed E-state index contributed by atoms with van der Waals surface area (Å²) in [5.74, 6) is 1.81. The van der Waals surface area contributed by atoms with Crippen molar-refractivity contribution < 1.29 is 24.1 Å². The third-order valence-corrected chi connectivity index (χ3v) is 5.99. The first-order valence-corrected chi connectivity index (χ1v) is 10.1. The highest BCUT2D eigenvalue weighted by atomic mass is 32.2. The van der Waals surface area contributed by atoms with Gasteiger partial charge in [-0.15, -0.1) is 11.8 Å². The molecule has 0 amide bonds. The fourth-order valence-electron chi connectivity index (χ4n) is 2.96. The third kappa shape index (κ3) is 4.72. The maximum absolute atomic E-state index is 11.1. The van der Waals surface area contributed by atoms with Gasteiger partial charge in [-0.05, 0) is 48.7 Å². The molecule has 0 radical (unpaired) electrons. The smallest absolute Gasteiger partial charge is 0.321 e. The summed E-state index contributed by atoms with van der Waals surface area (Å²) in [6.07, 6.45) is 0. The van der Waals surface area contributed by atoms with Crippen LogP contribution in [0, 0.1) is 13.8 Å². The number of rotatable bonds is 8. The van der Waals surface area contributed by atoms with Crippen molar-refractivity contribution in [3.63, 3.8) is 0 Å². The molecule has 1 heterocycles. The van der Waals surface area contributed by atoms with Crippen molar-refractivity contribution in [3.8, 4) is 17.2 Å². The summed E-state index contributed by atoms with van der Waals surface area (Å²) in [6, 6.07) is 11.1. The van der Waals surface area contributed by atoms with Gasteiger partial charge >= 0.3 is 5.97 Å². The fourth-order valence-corrected chi connectivity index (χ4v) is 4.18. The van der Waals surface area contributed by atoms with Gasteiger partial charge in [-0.2, -0.15) is 0 Å². The summed E-state index contributed by atoms with van der Waals surface area (Å²) in [5.41, 5.74) is 3.27. The SMILES string of the molecule is COc1ccc(C2NC(C(=O)O)CS2)cc1OCCOc1cccc(C)c1C. The Morgan fingerprint density at radius 1 is 1.14 bits per heavy atom. The van der Waals surface area contributed by atoms with Gasteiger partial charge < -0.3 is 19.3 Å². The van der Waals surface area contributed by atoms with Crippen LogP contribution in [0.5, 0.6) is 17.2 Å². The van der Waals surface area contributed by atoms with E-state index in [2.05, 4.69) is 18.3 Å². The van der Waals surface area contributed by atoms with Crippen molar-refractivity contribution in [2.45, 2.75) is 25.3 Å². The molecule has 2 aromatic rings. The molecule has 28 heavy (non-hydrogen) atoms. The molecule has 3 rings (SSSR count). The van der Waals surface area contributed by atoms with Crippen molar-refractivity contribution in [3.05, 3.63) is 53.1 Å². The number of thioether (sulfide) groups is 1. The van der Waals surface area contributed by atoms with Crippen LogP contribution in [-0.4, -0.2) is 43.2 Å². The Bertz CT molecular complexity index is 842. The molecule has 7 heteroatoms. The van der Waals surface area contributed by atoms with Crippen LogP contribution in [0.2, 0.25) is 0 Å². The van der Waals surface area contributed by atoms with Crippen LogP contribution < -0.4 is 19.5 Å². The highest BCUT2D eigenvalue weighted by Crippen LogP contribution is 2.37. The second-order valence-electron chi connectivity index (χ2n) is 6.58. The molecule has 0 spiro atoms. The molecular formula is C21H25NO5S. The van der Waals surface area contributed by atoms with E-state index in [9.17, 15) is 4.79 Å². The highest BCUT2D eigenvalue weighted by Gasteiger charge is 2.30. The number of aliphatic carboxylic acids is 1. The summed E-state index contributed by atoms with van der Waals surface area (Å²) in [4.78, 5) is 11.1. The molecule has 0 bridgehead atoms. The Hall–Kier alpha value is -2.38. The van der Waals surface area contributed by atoms with E-state index in [-0.39, 0.29) is 5.37 Å². The Morgan fingerprint density at radius 2 is 1.89 bits per heavy atom. The monoisotopic (exact) mass is 403 g/mol. The van der Waals surface area contributed by atoms with Crippen molar-refractivity contribution in [2.75, 3.05) is 26.1 Å². The Kier molecular flexibility index (Phi) is 6.70. The molecule has 2 N–H and O–H groups in total. The number of carboxylic acid groups (broad SMARTS) is 1. The first kappa shape index (κ1) is 20.4. The van der Waals surface area contributed by atoms with Gasteiger partial charge in [0.15, 0.2) is 11.5 Å². The van der Waals surface area contributed by atoms with Crippen LogP contribution >= 0.6 is 11.8 Å². The highest BCUT2D eigenvalue weighted by molar-refractivity contribution is 7.99. The Labute approximate surface area is 169 Å². The minimum atomic E-state index is -0.830. The maximum Gasteiger partial charge on any atom is 0.321 e. The number of aryl methyl sites for hydroxylation is 1. The van der Waals surface area contributed by atoms with Gasteiger partial charge in [0.05, 0.1) is 12.5 Å². The summed E-state index contributed by atoms with van der Waals surface area (Å²) < 4.78 is 17.1. The molecule has 2 unspecified atom stereocenters. The predicted molar refractivity (Wildman–Crippen MR) is 110 cm³/mol. The van der Waals surface area contributed by atoms with E-state index in [1.807, 2.05) is 37.3 Å². The summed E-state index contributed by atoms with van der Waals surface area (Å²) >= 11 is 1.57. The van der Waals surface area contributed by atoms with E-state index in [1.165, 1.54) is 5.56 Å². The van der Waals surface area contributed by atoms with Gasteiger partial charge in [0.1, 0.15) is 25.0 Å². The van der Waals surface area contributed by atoms with Crippen LogP contribution in [0.15, 0.2) is 36.4 Å². The lowest BCUT2D eigenvalue weighted by atomic mass is 10.1. The van der Waals surface area contributed by atoms with Gasteiger partial charge in [-0.25, -0.2) is 0 Å². The second kappa shape index (κ2) is 9.21. The third-order valence-electron chi connectivity index (χ3n) is 4.72. The summed E-state index contributed by atoms with van der Waals surface area (Å²) in [6.45, 7) is 4.87. The zero-order valence-electron chi connectivity index (χ0n) is 16.2. The molecule has 6 nitrogen and oxygen atoms in total. The van der Waals surface area contributed by atoms with E-state index in [4.69, 9.17) is 19.3 Å². The Morgan fingerprint density at radius 3 is 2.57 bits per heavy atom. The van der Waals surface area contributed by atoms with E-state index in [0.717, 1.165) is 16.9 Å². The second-order valence-corrected chi connectivity index (χ2v) is 7.71. The number of benzene rings is 2. The molecule has 1 aliphatic rings. The fraction of sp³-hybridized carbons (Fsp3) is 0.381. The Balaban J connectivity index is 1.61. The lowest BCUT2D eigenvalue weighted by molar-refractivity contribution is -0.138. The first-order chi connectivity index (χ1) is 13.5. The number of hydrogen-bond acceptors (Lipinski definition) is 6. The average molecular weight is 404 g/mol. The number of ether oxygens (including phenoxy) is 3. The van der Waals surface area contributed by atoms with E-state index in [0.29, 0.717) is 30.5 Å². The zero-order chi connectivity index (χ0) is 20.1. The molecule has 1 saturated heterocycles. The van der Waals surface area contributed by atoms with E-state index < -0.39 is 12.0 Å². The summed E-state index contributed by atoms with van der Waals surface area (Å²) in [5, 5.41) is 12.2. The standard InChI is InChI=1S/C21H25NO5S/c1-13-5-4-6-17(14(13)2)26-9-10-27-19-11-15(7-8-18(19)25-3)20-22-16(12-28-20)21(23)24/h4-8,11,16,20,22H,9-10,12H2,1-3H3,(H,23,24). The van der Waals surface area contributed by atoms with Crippen molar-refractivity contribution >= 4 is 17.7 Å². The van der Waals surface area contributed by atoms with Gasteiger partial charge in [-0.3, -0.25) is 10.1 Å². The topological polar surface area (TPSA) is 77.0 Å². The average Bonchev–Trinajstić information content (AvgIpc) is 3.19. The van der Waals surface area contributed by atoms with Crippen LogP contribution in [0.1, 0.15) is 22.1 Å². The van der Waals surface area contributed by atoms with Crippen LogP contribution in [-0.2, 0) is 4.79 Å². The van der Waals surface area contributed by atoms with Crippen LogP contribution in [0.25, 0.3) is 0 Å². The molecule has 0 aliphatic carbocycles. The molecule has 1 aliphatic heterocycles. The number of nitrogens with one attached hydrogen (secondary N) is 1.